The lowest BCUT2D eigenvalue weighted by Gasteiger charge is -2.25. The average Bonchev–Trinajstić information content (AvgIpc) is 3.51. The number of urea groups is 1. The number of rotatable bonds is 8. The third kappa shape index (κ3) is 5.83. The molecular formula is C26H28N4O4. The number of benzene rings is 2. The van der Waals surface area contributed by atoms with E-state index in [9.17, 15) is 14.4 Å². The minimum absolute atomic E-state index is 0.111. The van der Waals surface area contributed by atoms with E-state index in [-0.39, 0.29) is 23.9 Å². The lowest BCUT2D eigenvalue weighted by atomic mass is 10.1. The van der Waals surface area contributed by atoms with Gasteiger partial charge >= 0.3 is 6.03 Å². The highest BCUT2D eigenvalue weighted by atomic mass is 16.3. The maximum absolute atomic E-state index is 12.8. The Kier molecular flexibility index (Phi) is 7.27. The number of hydrogen-bond acceptors (Lipinski definition) is 4. The van der Waals surface area contributed by atoms with E-state index in [4.69, 9.17) is 4.42 Å². The van der Waals surface area contributed by atoms with Crippen molar-refractivity contribution in [3.8, 4) is 0 Å². The van der Waals surface area contributed by atoms with Gasteiger partial charge in [0.15, 0.2) is 0 Å². The normalized spacial score (nSPS) is 14.0. The predicted octanol–water partition coefficient (Wildman–Crippen LogP) is 4.00. The predicted molar refractivity (Wildman–Crippen MR) is 128 cm³/mol. The number of carbonyl (C=O) groups is 3. The van der Waals surface area contributed by atoms with Crippen LogP contribution in [0.2, 0.25) is 0 Å². The number of furan rings is 1. The van der Waals surface area contributed by atoms with E-state index in [0.717, 1.165) is 17.5 Å². The molecule has 0 bridgehead atoms. The third-order valence-corrected chi connectivity index (χ3v) is 5.82. The molecule has 1 aliphatic heterocycles. The molecule has 1 aliphatic rings. The van der Waals surface area contributed by atoms with Crippen LogP contribution >= 0.6 is 0 Å². The molecular weight excluding hydrogens is 432 g/mol. The summed E-state index contributed by atoms with van der Waals surface area (Å²) in [5.41, 5.74) is 2.78. The maximum Gasteiger partial charge on any atom is 0.319 e. The van der Waals surface area contributed by atoms with Gasteiger partial charge in [0.1, 0.15) is 5.76 Å². The van der Waals surface area contributed by atoms with E-state index in [1.54, 1.807) is 41.5 Å². The van der Waals surface area contributed by atoms with Crippen molar-refractivity contribution in [1.82, 2.24) is 15.5 Å². The molecule has 3 N–H and O–H groups in total. The second-order valence-electron chi connectivity index (χ2n) is 8.30. The van der Waals surface area contributed by atoms with Gasteiger partial charge in [-0.15, -0.1) is 0 Å². The SMILES string of the molecule is Cc1cc(C(=O)NCc2ccco2)ccc1NC(=O)NC(CN1CCCC1=O)c1ccccc1. The number of carbonyl (C=O) groups excluding carboxylic acids is 3. The zero-order chi connectivity index (χ0) is 23.9. The molecule has 0 radical (unpaired) electrons. The molecule has 3 aromatic rings. The summed E-state index contributed by atoms with van der Waals surface area (Å²) in [5.74, 6) is 0.554. The first-order valence-electron chi connectivity index (χ1n) is 11.3. The molecule has 2 aromatic carbocycles. The smallest absolute Gasteiger partial charge is 0.319 e. The van der Waals surface area contributed by atoms with E-state index in [2.05, 4.69) is 16.0 Å². The zero-order valence-corrected chi connectivity index (χ0v) is 19.0. The summed E-state index contributed by atoms with van der Waals surface area (Å²) in [6.07, 6.45) is 2.95. The van der Waals surface area contributed by atoms with Gasteiger partial charge in [-0.1, -0.05) is 30.3 Å². The fourth-order valence-corrected chi connectivity index (χ4v) is 3.98. The summed E-state index contributed by atoms with van der Waals surface area (Å²) in [4.78, 5) is 39.2. The van der Waals surface area contributed by atoms with E-state index in [0.29, 0.717) is 43.1 Å². The molecule has 8 nitrogen and oxygen atoms in total. The van der Waals surface area contributed by atoms with Crippen LogP contribution in [0.3, 0.4) is 0 Å². The summed E-state index contributed by atoms with van der Waals surface area (Å²) in [5, 5.41) is 8.67. The molecule has 2 heterocycles. The molecule has 1 atom stereocenters. The van der Waals surface area contributed by atoms with Gasteiger partial charge in [0.25, 0.3) is 5.91 Å². The molecule has 1 fully saturated rings. The van der Waals surface area contributed by atoms with Crippen LogP contribution in [0, 0.1) is 6.92 Å². The Morgan fingerprint density at radius 2 is 1.91 bits per heavy atom. The first-order chi connectivity index (χ1) is 16.5. The highest BCUT2D eigenvalue weighted by Gasteiger charge is 2.25. The van der Waals surface area contributed by atoms with Gasteiger partial charge in [-0.25, -0.2) is 4.79 Å². The number of anilines is 1. The second-order valence-corrected chi connectivity index (χ2v) is 8.30. The third-order valence-electron chi connectivity index (χ3n) is 5.82. The number of nitrogens with one attached hydrogen (secondary N) is 3. The Balaban J connectivity index is 1.39. The van der Waals surface area contributed by atoms with E-state index in [1.165, 1.54) is 0 Å². The van der Waals surface area contributed by atoms with Crippen LogP contribution in [0.1, 0.15) is 46.1 Å². The highest BCUT2D eigenvalue weighted by molar-refractivity contribution is 5.96. The first-order valence-corrected chi connectivity index (χ1v) is 11.3. The average molecular weight is 461 g/mol. The topological polar surface area (TPSA) is 104 Å². The van der Waals surface area contributed by atoms with Crippen molar-refractivity contribution in [2.24, 2.45) is 0 Å². The van der Waals surface area contributed by atoms with Gasteiger partial charge in [-0.05, 0) is 54.8 Å². The molecule has 34 heavy (non-hydrogen) atoms. The Morgan fingerprint density at radius 3 is 2.59 bits per heavy atom. The minimum Gasteiger partial charge on any atom is -0.467 e. The highest BCUT2D eigenvalue weighted by Crippen LogP contribution is 2.20. The van der Waals surface area contributed by atoms with Crippen LogP contribution < -0.4 is 16.0 Å². The monoisotopic (exact) mass is 460 g/mol. The standard InChI is InChI=1S/C26H28N4O4/c1-18-15-20(25(32)27-16-21-9-6-14-34-21)11-12-22(18)28-26(33)29-23(19-7-3-2-4-8-19)17-30-13-5-10-24(30)31/h2-4,6-9,11-12,14-15,23H,5,10,13,16-17H2,1H3,(H,27,32)(H2,28,29,33). The summed E-state index contributed by atoms with van der Waals surface area (Å²) in [6, 6.07) is 17.6. The van der Waals surface area contributed by atoms with E-state index < -0.39 is 0 Å². The van der Waals surface area contributed by atoms with Gasteiger partial charge in [0.05, 0.1) is 18.8 Å². The largest absolute Gasteiger partial charge is 0.467 e. The van der Waals surface area contributed by atoms with Crippen molar-refractivity contribution >= 4 is 23.5 Å². The van der Waals surface area contributed by atoms with Crippen molar-refractivity contribution in [3.63, 3.8) is 0 Å². The quantitative estimate of drug-likeness (QED) is 0.473. The number of nitrogens with zero attached hydrogens (tertiary/aromatic N) is 1. The number of likely N-dealkylation sites (tertiary alicyclic amines) is 1. The van der Waals surface area contributed by atoms with Crippen molar-refractivity contribution in [3.05, 3.63) is 89.4 Å². The zero-order valence-electron chi connectivity index (χ0n) is 19.0. The molecule has 4 rings (SSSR count). The van der Waals surface area contributed by atoms with Crippen LogP contribution in [0.25, 0.3) is 0 Å². The molecule has 8 heteroatoms. The molecule has 1 unspecified atom stereocenters. The summed E-state index contributed by atoms with van der Waals surface area (Å²) < 4.78 is 5.23. The molecule has 1 aromatic heterocycles. The van der Waals surface area contributed by atoms with Crippen molar-refractivity contribution in [1.29, 1.82) is 0 Å². The summed E-state index contributed by atoms with van der Waals surface area (Å²) in [6.45, 7) is 3.25. The van der Waals surface area contributed by atoms with Crippen molar-refractivity contribution in [2.45, 2.75) is 32.4 Å². The van der Waals surface area contributed by atoms with Crippen LogP contribution in [0.5, 0.6) is 0 Å². The van der Waals surface area contributed by atoms with Crippen LogP contribution in [-0.4, -0.2) is 35.8 Å². The minimum atomic E-state index is -0.376. The fourth-order valence-electron chi connectivity index (χ4n) is 3.98. The summed E-state index contributed by atoms with van der Waals surface area (Å²) in [7, 11) is 0. The number of aryl methyl sites for hydroxylation is 1. The number of amides is 4. The van der Waals surface area contributed by atoms with Crippen LogP contribution in [-0.2, 0) is 11.3 Å². The summed E-state index contributed by atoms with van der Waals surface area (Å²) >= 11 is 0. The lowest BCUT2D eigenvalue weighted by molar-refractivity contribution is -0.128. The van der Waals surface area contributed by atoms with Crippen molar-refractivity contribution in [2.75, 3.05) is 18.4 Å². The Labute approximate surface area is 198 Å². The molecule has 176 valence electrons. The van der Waals surface area contributed by atoms with Crippen LogP contribution in [0.4, 0.5) is 10.5 Å². The lowest BCUT2D eigenvalue weighted by Crippen LogP contribution is -2.40. The van der Waals surface area contributed by atoms with E-state index >= 15 is 0 Å². The molecule has 0 saturated carbocycles. The maximum atomic E-state index is 12.8. The van der Waals surface area contributed by atoms with Gasteiger partial charge in [0, 0.05) is 30.8 Å². The first kappa shape index (κ1) is 23.1. The molecule has 0 aliphatic carbocycles. The van der Waals surface area contributed by atoms with Gasteiger partial charge in [-0.3, -0.25) is 9.59 Å². The molecule has 1 saturated heterocycles. The van der Waals surface area contributed by atoms with Gasteiger partial charge < -0.3 is 25.3 Å². The van der Waals surface area contributed by atoms with Crippen molar-refractivity contribution < 1.29 is 18.8 Å². The number of hydrogen-bond donors (Lipinski definition) is 3. The Morgan fingerprint density at radius 1 is 1.09 bits per heavy atom. The Bertz CT molecular complexity index is 1140. The van der Waals surface area contributed by atoms with E-state index in [1.807, 2.05) is 37.3 Å². The Hall–Kier alpha value is -4.07. The fraction of sp³-hybridized carbons (Fsp3) is 0.269. The molecule has 0 spiro atoms. The van der Waals surface area contributed by atoms with Gasteiger partial charge in [-0.2, -0.15) is 0 Å². The second kappa shape index (κ2) is 10.7. The van der Waals surface area contributed by atoms with Gasteiger partial charge in [0.2, 0.25) is 5.91 Å². The molecule has 4 amide bonds. The van der Waals surface area contributed by atoms with Crippen LogP contribution in [0.15, 0.2) is 71.3 Å².